The van der Waals surface area contributed by atoms with E-state index in [0.29, 0.717) is 12.2 Å². The molecule has 0 saturated carbocycles. The van der Waals surface area contributed by atoms with Gasteiger partial charge in [0.05, 0.1) is 18.2 Å². The molecule has 2 aromatic rings. The van der Waals surface area contributed by atoms with Gasteiger partial charge in [0.1, 0.15) is 11.8 Å². The molecule has 0 saturated heterocycles. The van der Waals surface area contributed by atoms with E-state index in [9.17, 15) is 8.42 Å². The predicted octanol–water partition coefficient (Wildman–Crippen LogP) is 2.45. The van der Waals surface area contributed by atoms with Crippen LogP contribution in [0.3, 0.4) is 0 Å². The van der Waals surface area contributed by atoms with Gasteiger partial charge < -0.3 is 4.42 Å². The molecule has 0 fully saturated rings. The van der Waals surface area contributed by atoms with E-state index in [1.807, 2.05) is 16.8 Å². The largest absolute Gasteiger partial charge is 0.467 e. The maximum atomic E-state index is 11.8. The Labute approximate surface area is 115 Å². The van der Waals surface area contributed by atoms with Crippen LogP contribution in [-0.2, 0) is 10.0 Å². The first-order valence-corrected chi connectivity index (χ1v) is 8.47. The molecule has 1 atom stereocenters. The van der Waals surface area contributed by atoms with Crippen LogP contribution in [0.1, 0.15) is 23.8 Å². The summed E-state index contributed by atoms with van der Waals surface area (Å²) in [6.45, 7) is 0. The first-order chi connectivity index (χ1) is 9.05. The van der Waals surface area contributed by atoms with Crippen LogP contribution >= 0.6 is 11.3 Å². The van der Waals surface area contributed by atoms with Crippen LogP contribution in [0.5, 0.6) is 0 Å². The molecule has 0 radical (unpaired) electrons. The van der Waals surface area contributed by atoms with Gasteiger partial charge in [-0.15, -0.1) is 0 Å². The summed E-state index contributed by atoms with van der Waals surface area (Å²) in [6.07, 6.45) is 3.22. The van der Waals surface area contributed by atoms with Gasteiger partial charge in [-0.2, -0.15) is 20.9 Å². The molecular formula is C12H12N2O3S2. The maximum absolute atomic E-state index is 11.8. The lowest BCUT2D eigenvalue weighted by Crippen LogP contribution is -2.25. The number of rotatable bonds is 3. The highest BCUT2D eigenvalue weighted by Crippen LogP contribution is 2.34. The van der Waals surface area contributed by atoms with Crippen molar-refractivity contribution in [3.05, 3.63) is 46.5 Å². The highest BCUT2D eigenvalue weighted by Gasteiger charge is 2.36. The normalized spacial score (nSPS) is 19.7. The highest BCUT2D eigenvalue weighted by atomic mass is 32.2. The quantitative estimate of drug-likeness (QED) is 0.874. The van der Waals surface area contributed by atoms with Gasteiger partial charge in [0.25, 0.3) is 0 Å². The Bertz CT molecular complexity index is 687. The van der Waals surface area contributed by atoms with E-state index in [1.165, 1.54) is 0 Å². The number of hydrazone groups is 1. The molecule has 19 heavy (non-hydrogen) atoms. The zero-order valence-electron chi connectivity index (χ0n) is 10.2. The molecule has 2 aromatic heterocycles. The van der Waals surface area contributed by atoms with Gasteiger partial charge in [-0.3, -0.25) is 0 Å². The Morgan fingerprint density at radius 2 is 2.32 bits per heavy atom. The Hall–Kier alpha value is -1.60. The molecule has 7 heteroatoms. The first kappa shape index (κ1) is 12.4. The van der Waals surface area contributed by atoms with Gasteiger partial charge in [0.2, 0.25) is 10.0 Å². The van der Waals surface area contributed by atoms with Crippen LogP contribution < -0.4 is 0 Å². The standard InChI is InChI=1S/C12H12N2O3S2/c1-19(15,16)14-11(12-3-2-5-17-12)7-10(13-14)9-4-6-18-8-9/h2-6,8,11H,7H2,1H3/t11-/m1/s1. The van der Waals surface area contributed by atoms with E-state index in [0.717, 1.165) is 21.9 Å². The molecular weight excluding hydrogens is 284 g/mol. The average Bonchev–Trinajstić information content (AvgIpc) is 3.09. The number of sulfonamides is 1. The Morgan fingerprint density at radius 1 is 1.47 bits per heavy atom. The number of hydrogen-bond acceptors (Lipinski definition) is 5. The molecule has 0 N–H and O–H groups in total. The van der Waals surface area contributed by atoms with Gasteiger partial charge in [0.15, 0.2) is 0 Å². The van der Waals surface area contributed by atoms with Crippen molar-refractivity contribution < 1.29 is 12.8 Å². The van der Waals surface area contributed by atoms with Crippen LogP contribution in [0.15, 0.2) is 44.7 Å². The van der Waals surface area contributed by atoms with Crippen LogP contribution in [0.2, 0.25) is 0 Å². The third-order valence-corrected chi connectivity index (χ3v) is 4.64. The molecule has 3 rings (SSSR count). The second-order valence-corrected chi connectivity index (χ2v) is 6.95. The van der Waals surface area contributed by atoms with Crippen molar-refractivity contribution in [3.8, 4) is 0 Å². The van der Waals surface area contributed by atoms with E-state index >= 15 is 0 Å². The fourth-order valence-electron chi connectivity index (χ4n) is 2.09. The Kier molecular flexibility index (Phi) is 2.94. The fourth-order valence-corrected chi connectivity index (χ4v) is 3.64. The number of nitrogens with zero attached hydrogens (tertiary/aromatic N) is 2. The van der Waals surface area contributed by atoms with Crippen molar-refractivity contribution in [1.29, 1.82) is 0 Å². The number of thiophene rings is 1. The molecule has 1 aliphatic heterocycles. The number of furan rings is 1. The summed E-state index contributed by atoms with van der Waals surface area (Å²) in [5.74, 6) is 0.611. The van der Waals surface area contributed by atoms with Crippen molar-refractivity contribution >= 4 is 27.1 Å². The van der Waals surface area contributed by atoms with Crippen molar-refractivity contribution in [1.82, 2.24) is 4.41 Å². The summed E-state index contributed by atoms with van der Waals surface area (Å²) in [7, 11) is -3.41. The monoisotopic (exact) mass is 296 g/mol. The fraction of sp³-hybridized carbons (Fsp3) is 0.250. The Balaban J connectivity index is 2.00. The second kappa shape index (κ2) is 4.50. The smallest absolute Gasteiger partial charge is 0.247 e. The topological polar surface area (TPSA) is 62.9 Å². The molecule has 0 aromatic carbocycles. The molecule has 3 heterocycles. The highest BCUT2D eigenvalue weighted by molar-refractivity contribution is 7.88. The first-order valence-electron chi connectivity index (χ1n) is 5.68. The van der Waals surface area contributed by atoms with E-state index < -0.39 is 10.0 Å². The van der Waals surface area contributed by atoms with Gasteiger partial charge >= 0.3 is 0 Å². The van der Waals surface area contributed by atoms with Gasteiger partial charge in [0, 0.05) is 12.0 Å². The molecule has 0 aliphatic carbocycles. The van der Waals surface area contributed by atoms with E-state index in [1.54, 1.807) is 29.7 Å². The lowest BCUT2D eigenvalue weighted by molar-refractivity contribution is 0.322. The predicted molar refractivity (Wildman–Crippen MR) is 73.6 cm³/mol. The average molecular weight is 296 g/mol. The summed E-state index contributed by atoms with van der Waals surface area (Å²) in [4.78, 5) is 0. The minimum Gasteiger partial charge on any atom is -0.467 e. The SMILES string of the molecule is CS(=O)(=O)N1N=C(c2ccsc2)C[C@@H]1c1ccco1. The zero-order valence-corrected chi connectivity index (χ0v) is 11.8. The van der Waals surface area contributed by atoms with E-state index in [2.05, 4.69) is 5.10 Å². The van der Waals surface area contributed by atoms with Crippen molar-refractivity contribution in [2.45, 2.75) is 12.5 Å². The van der Waals surface area contributed by atoms with Gasteiger partial charge in [-0.1, -0.05) is 0 Å². The zero-order chi connectivity index (χ0) is 13.5. The molecule has 0 bridgehead atoms. The van der Waals surface area contributed by atoms with Crippen LogP contribution in [-0.4, -0.2) is 24.8 Å². The number of hydrogen-bond donors (Lipinski definition) is 0. The Morgan fingerprint density at radius 3 is 2.89 bits per heavy atom. The van der Waals surface area contributed by atoms with E-state index in [-0.39, 0.29) is 6.04 Å². The molecule has 0 unspecified atom stereocenters. The summed E-state index contributed by atoms with van der Waals surface area (Å²) in [5, 5.41) is 8.16. The molecule has 0 amide bonds. The summed E-state index contributed by atoms with van der Waals surface area (Å²) in [5.41, 5.74) is 1.74. The second-order valence-electron chi connectivity index (χ2n) is 4.33. The lowest BCUT2D eigenvalue weighted by Gasteiger charge is -2.18. The summed E-state index contributed by atoms with van der Waals surface area (Å²) in [6, 6.07) is 5.07. The van der Waals surface area contributed by atoms with Crippen molar-refractivity contribution in [3.63, 3.8) is 0 Å². The van der Waals surface area contributed by atoms with Gasteiger partial charge in [-0.25, -0.2) is 8.42 Å². The van der Waals surface area contributed by atoms with E-state index in [4.69, 9.17) is 4.42 Å². The summed E-state index contributed by atoms with van der Waals surface area (Å²) >= 11 is 1.56. The van der Waals surface area contributed by atoms with Gasteiger partial charge in [-0.05, 0) is 29.0 Å². The van der Waals surface area contributed by atoms with Crippen LogP contribution in [0, 0.1) is 0 Å². The molecule has 1 aliphatic rings. The minimum atomic E-state index is -3.41. The third kappa shape index (κ3) is 2.31. The minimum absolute atomic E-state index is 0.389. The third-order valence-electron chi connectivity index (χ3n) is 2.94. The van der Waals surface area contributed by atoms with Crippen LogP contribution in [0.25, 0.3) is 0 Å². The summed E-state index contributed by atoms with van der Waals surface area (Å²) < 4.78 is 30.1. The lowest BCUT2D eigenvalue weighted by atomic mass is 10.1. The molecule has 100 valence electrons. The maximum Gasteiger partial charge on any atom is 0.247 e. The molecule has 0 spiro atoms. The van der Waals surface area contributed by atoms with Crippen molar-refractivity contribution in [2.75, 3.05) is 6.26 Å². The van der Waals surface area contributed by atoms with Crippen LogP contribution in [0.4, 0.5) is 0 Å². The molecule has 5 nitrogen and oxygen atoms in total. The van der Waals surface area contributed by atoms with Crippen molar-refractivity contribution in [2.24, 2.45) is 5.10 Å².